The Morgan fingerprint density at radius 2 is 0.444 bits per heavy atom. The zero-order valence-electron chi connectivity index (χ0n) is 10.6. The second-order valence-electron chi connectivity index (χ2n) is 3.06. The predicted molar refractivity (Wildman–Crippen MR) is 63.8 cm³/mol. The summed E-state index contributed by atoms with van der Waals surface area (Å²) in [6.07, 6.45) is 0. The van der Waals surface area contributed by atoms with E-state index in [1.165, 1.54) is 0 Å². The van der Waals surface area contributed by atoms with E-state index in [0.717, 1.165) is 0 Å². The molecule has 0 aromatic rings. The molecule has 1 heterocycles. The van der Waals surface area contributed by atoms with Crippen LogP contribution in [0.1, 0.15) is 0 Å². The third kappa shape index (κ3) is 16.2. The van der Waals surface area contributed by atoms with Gasteiger partial charge in [0.2, 0.25) is 0 Å². The molecule has 0 unspecified atom stereocenters. The Balaban J connectivity index is -0.000000750. The summed E-state index contributed by atoms with van der Waals surface area (Å²) < 4.78 is 26.4. The van der Waals surface area contributed by atoms with Gasteiger partial charge >= 0.3 is 17.1 Å². The van der Waals surface area contributed by atoms with Crippen LogP contribution in [-0.2, 0) is 51.7 Å². The summed E-state index contributed by atoms with van der Waals surface area (Å²) in [5, 5.41) is 0. The molecule has 0 atom stereocenters. The van der Waals surface area contributed by atoms with Crippen molar-refractivity contribution >= 4 is 0 Å². The minimum Gasteiger partial charge on any atom is -0.457 e. The van der Waals surface area contributed by atoms with Gasteiger partial charge in [0.25, 0.3) is 0 Å². The standard InChI is InChI=1S/C10H20O5.Mn.2H2O/c1-2-12-5-6-14-9-10-15-8-7-13-4-3-11-1;;;/h1-10H2;;2*1H2/q;+2;;/p+2. The molecule has 1 rings (SSSR count). The van der Waals surface area contributed by atoms with Gasteiger partial charge in [0.1, 0.15) is 0 Å². The quantitative estimate of drug-likeness (QED) is 0.388. The van der Waals surface area contributed by atoms with Crippen LogP contribution >= 0.6 is 0 Å². The van der Waals surface area contributed by atoms with E-state index < -0.39 is 0 Å². The normalized spacial score (nSPS) is 20.0. The van der Waals surface area contributed by atoms with Crippen molar-refractivity contribution in [2.45, 2.75) is 0 Å². The Morgan fingerprint density at radius 1 is 0.333 bits per heavy atom. The van der Waals surface area contributed by atoms with Gasteiger partial charge in [-0.3, -0.25) is 0 Å². The van der Waals surface area contributed by atoms with E-state index in [-0.39, 0.29) is 28.0 Å². The van der Waals surface area contributed by atoms with Gasteiger partial charge in [0.05, 0.1) is 66.1 Å². The van der Waals surface area contributed by atoms with Crippen LogP contribution in [0.15, 0.2) is 0 Å². The maximum Gasteiger partial charge on any atom is 2.00 e. The summed E-state index contributed by atoms with van der Waals surface area (Å²) >= 11 is 0. The summed E-state index contributed by atoms with van der Waals surface area (Å²) in [4.78, 5) is 0. The van der Waals surface area contributed by atoms with E-state index in [9.17, 15) is 0 Å². The van der Waals surface area contributed by atoms with Gasteiger partial charge in [0.15, 0.2) is 0 Å². The second-order valence-corrected chi connectivity index (χ2v) is 3.06. The first kappa shape index (κ1) is 23.3. The molecule has 1 fully saturated rings. The molecule has 0 aromatic heterocycles. The minimum absolute atomic E-state index is 0. The molecule has 0 aromatic carbocycles. The number of hydrogen-bond acceptors (Lipinski definition) is 5. The number of ether oxygens (including phenoxy) is 5. The van der Waals surface area contributed by atoms with Crippen molar-refractivity contribution in [2.24, 2.45) is 0 Å². The van der Waals surface area contributed by atoms with E-state index in [4.69, 9.17) is 23.7 Å². The molecule has 0 bridgehead atoms. The predicted octanol–water partition coefficient (Wildman–Crippen LogP) is -1.76. The molecular formula is C10H26MnO7+4. The van der Waals surface area contributed by atoms with Crippen molar-refractivity contribution < 1.29 is 51.7 Å². The average molecular weight is 313 g/mol. The van der Waals surface area contributed by atoms with Crippen molar-refractivity contribution in [3.05, 3.63) is 0 Å². The summed E-state index contributed by atoms with van der Waals surface area (Å²) in [7, 11) is 0. The molecule has 1 aliphatic rings. The largest absolute Gasteiger partial charge is 2.00 e. The topological polar surface area (TPSA) is 112 Å². The fourth-order valence-corrected chi connectivity index (χ4v) is 1.10. The van der Waals surface area contributed by atoms with Crippen LogP contribution in [0.25, 0.3) is 0 Å². The Labute approximate surface area is 118 Å². The van der Waals surface area contributed by atoms with Crippen molar-refractivity contribution in [1.82, 2.24) is 0 Å². The molecule has 18 heavy (non-hydrogen) atoms. The molecule has 1 aliphatic heterocycles. The Morgan fingerprint density at radius 3 is 0.556 bits per heavy atom. The fraction of sp³-hybridized carbons (Fsp3) is 1.00. The molecular weight excluding hydrogens is 287 g/mol. The first-order valence-corrected chi connectivity index (χ1v) is 5.39. The average Bonchev–Trinajstić information content (AvgIpc) is 2.27. The van der Waals surface area contributed by atoms with Crippen LogP contribution in [0.3, 0.4) is 0 Å². The van der Waals surface area contributed by atoms with E-state index in [0.29, 0.717) is 66.1 Å². The molecule has 0 spiro atoms. The van der Waals surface area contributed by atoms with Crippen molar-refractivity contribution in [1.29, 1.82) is 0 Å². The Kier molecular flexibility index (Phi) is 25.4. The molecule has 0 amide bonds. The molecule has 8 heteroatoms. The maximum absolute atomic E-state index is 5.28. The summed E-state index contributed by atoms with van der Waals surface area (Å²) in [6, 6.07) is 0. The van der Waals surface area contributed by atoms with Crippen LogP contribution in [0, 0.1) is 0 Å². The molecule has 1 saturated heterocycles. The Hall–Kier alpha value is 0.239. The van der Waals surface area contributed by atoms with Gasteiger partial charge in [0, 0.05) is 0 Å². The smallest absolute Gasteiger partial charge is 0.457 e. The van der Waals surface area contributed by atoms with Crippen molar-refractivity contribution in [2.75, 3.05) is 66.1 Å². The molecule has 6 N–H and O–H groups in total. The first-order valence-electron chi connectivity index (χ1n) is 5.39. The maximum atomic E-state index is 5.28. The van der Waals surface area contributed by atoms with Gasteiger partial charge < -0.3 is 34.6 Å². The molecule has 111 valence electrons. The van der Waals surface area contributed by atoms with Crippen molar-refractivity contribution in [3.8, 4) is 0 Å². The van der Waals surface area contributed by atoms with Gasteiger partial charge in [-0.05, 0) is 0 Å². The monoisotopic (exact) mass is 313 g/mol. The third-order valence-corrected chi connectivity index (χ3v) is 1.86. The molecule has 0 saturated carbocycles. The van der Waals surface area contributed by atoms with E-state index >= 15 is 0 Å². The zero-order valence-corrected chi connectivity index (χ0v) is 11.8. The van der Waals surface area contributed by atoms with Gasteiger partial charge in [-0.1, -0.05) is 0 Å². The zero-order chi connectivity index (χ0) is 10.6. The van der Waals surface area contributed by atoms with Gasteiger partial charge in [-0.25, -0.2) is 0 Å². The van der Waals surface area contributed by atoms with Crippen LogP contribution in [-0.4, -0.2) is 66.1 Å². The minimum atomic E-state index is 0. The first-order chi connectivity index (χ1) is 7.50. The van der Waals surface area contributed by atoms with Crippen LogP contribution in [0.2, 0.25) is 0 Å². The van der Waals surface area contributed by atoms with Gasteiger partial charge in [-0.15, -0.1) is 0 Å². The van der Waals surface area contributed by atoms with Crippen LogP contribution in [0.5, 0.6) is 0 Å². The van der Waals surface area contributed by atoms with Gasteiger partial charge in [-0.2, -0.15) is 0 Å². The fourth-order valence-electron chi connectivity index (χ4n) is 1.10. The number of rotatable bonds is 0. The van der Waals surface area contributed by atoms with E-state index in [2.05, 4.69) is 0 Å². The second kappa shape index (κ2) is 19.6. The summed E-state index contributed by atoms with van der Waals surface area (Å²) in [5.41, 5.74) is 0. The van der Waals surface area contributed by atoms with E-state index in [1.54, 1.807) is 0 Å². The Bertz CT molecular complexity index is 80.8. The molecule has 1 radical (unpaired) electrons. The summed E-state index contributed by atoms with van der Waals surface area (Å²) in [6.45, 7) is 6.11. The van der Waals surface area contributed by atoms with Crippen LogP contribution < -0.4 is 0 Å². The summed E-state index contributed by atoms with van der Waals surface area (Å²) in [5.74, 6) is 0. The number of hydrogen-bond donors (Lipinski definition) is 0. The third-order valence-electron chi connectivity index (χ3n) is 1.86. The molecule has 7 nitrogen and oxygen atoms in total. The molecule has 0 aliphatic carbocycles. The van der Waals surface area contributed by atoms with Crippen LogP contribution in [0.4, 0.5) is 0 Å². The van der Waals surface area contributed by atoms with E-state index in [1.807, 2.05) is 0 Å². The SMILES string of the molecule is C1COCCOCCOCCOCCO1.[Mn+2].[OH3+].[OH3+]. The van der Waals surface area contributed by atoms with Crippen molar-refractivity contribution in [3.63, 3.8) is 0 Å².